The lowest BCUT2D eigenvalue weighted by atomic mass is 10.0. The van der Waals surface area contributed by atoms with Gasteiger partial charge in [0.05, 0.1) is 23.3 Å². The molecule has 1 atom stereocenters. The van der Waals surface area contributed by atoms with Crippen molar-refractivity contribution in [2.24, 2.45) is 0 Å². The highest BCUT2D eigenvalue weighted by Gasteiger charge is 2.36. The Bertz CT molecular complexity index is 1550. The molecule has 1 N–H and O–H groups in total. The second-order valence-electron chi connectivity index (χ2n) is 9.85. The molecule has 6 nitrogen and oxygen atoms in total. The molecule has 2 aromatic heterocycles. The van der Waals surface area contributed by atoms with E-state index in [0.717, 1.165) is 12.6 Å². The molecule has 40 heavy (non-hydrogen) atoms. The SMILES string of the molecule is C[C@@H](Nc1nc(CF)nc2cnc(P3(=O)CCN(Cc4ccccc4)CC3)cc12)c1cccc(C(F)(F)F)c1F. The molecule has 0 radical (unpaired) electrons. The molecule has 2 aromatic carbocycles. The Balaban J connectivity index is 1.43. The van der Waals surface area contributed by atoms with Crippen molar-refractivity contribution in [3.8, 4) is 0 Å². The monoisotopic (exact) mass is 575 g/mol. The Morgan fingerprint density at radius 3 is 2.45 bits per heavy atom. The maximum absolute atomic E-state index is 14.8. The topological polar surface area (TPSA) is 71.0 Å². The molecule has 3 heterocycles. The Morgan fingerprint density at radius 2 is 1.77 bits per heavy atom. The lowest BCUT2D eigenvalue weighted by molar-refractivity contribution is -0.140. The van der Waals surface area contributed by atoms with Crippen LogP contribution in [-0.2, 0) is 24.0 Å². The van der Waals surface area contributed by atoms with Gasteiger partial charge in [0.15, 0.2) is 5.82 Å². The fourth-order valence-electron chi connectivity index (χ4n) is 4.91. The first-order chi connectivity index (χ1) is 19.1. The molecule has 0 unspecified atom stereocenters. The van der Waals surface area contributed by atoms with Crippen LogP contribution in [-0.4, -0.2) is 45.3 Å². The van der Waals surface area contributed by atoms with Crippen molar-refractivity contribution in [2.75, 3.05) is 30.7 Å². The van der Waals surface area contributed by atoms with Crippen molar-refractivity contribution < 1.29 is 26.5 Å². The van der Waals surface area contributed by atoms with E-state index in [1.807, 2.05) is 30.3 Å². The molecule has 1 aliphatic rings. The van der Waals surface area contributed by atoms with Crippen molar-refractivity contribution in [3.63, 3.8) is 0 Å². The van der Waals surface area contributed by atoms with Crippen LogP contribution in [0, 0.1) is 5.82 Å². The van der Waals surface area contributed by atoms with Gasteiger partial charge >= 0.3 is 6.18 Å². The first-order valence-electron chi connectivity index (χ1n) is 12.8. The zero-order chi connectivity index (χ0) is 28.5. The summed E-state index contributed by atoms with van der Waals surface area (Å²) >= 11 is 0. The van der Waals surface area contributed by atoms with Crippen LogP contribution >= 0.6 is 7.14 Å². The molecule has 0 aliphatic carbocycles. The number of aromatic nitrogens is 3. The highest BCUT2D eigenvalue weighted by Crippen LogP contribution is 2.46. The van der Waals surface area contributed by atoms with E-state index in [9.17, 15) is 26.5 Å². The summed E-state index contributed by atoms with van der Waals surface area (Å²) in [7, 11) is -2.87. The minimum Gasteiger partial charge on any atom is -0.363 e. The predicted molar refractivity (Wildman–Crippen MR) is 144 cm³/mol. The van der Waals surface area contributed by atoms with Gasteiger partial charge in [0.2, 0.25) is 0 Å². The maximum atomic E-state index is 14.8. The largest absolute Gasteiger partial charge is 0.419 e. The van der Waals surface area contributed by atoms with Crippen LogP contribution in [0.3, 0.4) is 0 Å². The number of benzene rings is 2. The van der Waals surface area contributed by atoms with Gasteiger partial charge in [-0.1, -0.05) is 42.5 Å². The van der Waals surface area contributed by atoms with Gasteiger partial charge < -0.3 is 9.88 Å². The summed E-state index contributed by atoms with van der Waals surface area (Å²) in [5.74, 6) is -1.46. The molecule has 5 rings (SSSR count). The lowest BCUT2D eigenvalue weighted by Crippen LogP contribution is -2.37. The van der Waals surface area contributed by atoms with Crippen LogP contribution in [0.2, 0.25) is 0 Å². The summed E-state index contributed by atoms with van der Waals surface area (Å²) in [6.07, 6.45) is -2.60. The molecule has 0 amide bonds. The van der Waals surface area contributed by atoms with E-state index >= 15 is 0 Å². The standard InChI is InChI=1S/C28H27F5N5OP/c1-18(20-8-5-9-22(26(20)30)28(31,32)33)35-27-21-14-25(34-16-23(21)36-24(15-29)37-27)40(39)12-10-38(11-13-40)17-19-6-3-2-4-7-19/h2-9,14,16,18H,10-13,15,17H2,1H3,(H,35,36,37)/t18-/m1/s1. The Kier molecular flexibility index (Phi) is 7.88. The Morgan fingerprint density at radius 1 is 1.05 bits per heavy atom. The van der Waals surface area contributed by atoms with Gasteiger partial charge in [-0.3, -0.25) is 9.88 Å². The van der Waals surface area contributed by atoms with Gasteiger partial charge in [-0.05, 0) is 24.6 Å². The van der Waals surface area contributed by atoms with E-state index in [2.05, 4.69) is 25.2 Å². The summed E-state index contributed by atoms with van der Waals surface area (Å²) < 4.78 is 82.1. The molecule has 0 saturated carbocycles. The molecular weight excluding hydrogens is 548 g/mol. The Labute approximate surface area is 228 Å². The summed E-state index contributed by atoms with van der Waals surface area (Å²) in [5, 5.41) is 3.30. The molecule has 210 valence electrons. The van der Waals surface area contributed by atoms with Crippen LogP contribution in [0.1, 0.15) is 35.5 Å². The number of hydrogen-bond acceptors (Lipinski definition) is 6. The quantitative estimate of drug-likeness (QED) is 0.205. The van der Waals surface area contributed by atoms with E-state index < -0.39 is 37.4 Å². The predicted octanol–water partition coefficient (Wildman–Crippen LogP) is 6.33. The van der Waals surface area contributed by atoms with Gasteiger partial charge in [0.25, 0.3) is 0 Å². The van der Waals surface area contributed by atoms with Crippen LogP contribution in [0.15, 0.2) is 60.8 Å². The fourth-order valence-corrected chi connectivity index (χ4v) is 7.43. The Hall–Kier alpha value is -3.43. The van der Waals surface area contributed by atoms with Crippen LogP contribution < -0.4 is 10.8 Å². The maximum Gasteiger partial charge on any atom is 0.419 e. The summed E-state index contributed by atoms with van der Waals surface area (Å²) in [5.41, 5.74) is 0.234. The third kappa shape index (κ3) is 5.86. The minimum absolute atomic E-state index is 0.0972. The number of pyridine rings is 1. The number of nitrogens with zero attached hydrogens (tertiary/aromatic N) is 4. The van der Waals surface area contributed by atoms with Gasteiger partial charge in [-0.2, -0.15) is 13.2 Å². The average molecular weight is 576 g/mol. The van der Waals surface area contributed by atoms with Gasteiger partial charge in [-0.15, -0.1) is 0 Å². The summed E-state index contributed by atoms with van der Waals surface area (Å²) in [6, 6.07) is 13.7. The molecule has 0 bridgehead atoms. The third-order valence-electron chi connectivity index (χ3n) is 7.11. The first-order valence-corrected chi connectivity index (χ1v) is 14.8. The zero-order valence-corrected chi connectivity index (χ0v) is 22.5. The summed E-state index contributed by atoms with van der Waals surface area (Å²) in [4.78, 5) is 15.0. The van der Waals surface area contributed by atoms with E-state index in [1.54, 1.807) is 6.07 Å². The molecule has 4 aromatic rings. The van der Waals surface area contributed by atoms with Crippen molar-refractivity contribution in [3.05, 3.63) is 89.1 Å². The molecule has 1 aliphatic heterocycles. The normalized spacial score (nSPS) is 16.6. The van der Waals surface area contributed by atoms with Gasteiger partial charge in [-0.25, -0.2) is 18.7 Å². The van der Waals surface area contributed by atoms with Crippen molar-refractivity contribution in [1.29, 1.82) is 0 Å². The van der Waals surface area contributed by atoms with E-state index in [0.29, 0.717) is 42.3 Å². The number of anilines is 1. The second-order valence-corrected chi connectivity index (χ2v) is 13.0. The van der Waals surface area contributed by atoms with E-state index in [-0.39, 0.29) is 22.7 Å². The van der Waals surface area contributed by atoms with Crippen LogP contribution in [0.25, 0.3) is 10.9 Å². The number of fused-ring (bicyclic) bond motifs is 1. The van der Waals surface area contributed by atoms with Crippen molar-refractivity contribution in [2.45, 2.75) is 32.4 Å². The number of hydrogen-bond donors (Lipinski definition) is 1. The lowest BCUT2D eigenvalue weighted by Gasteiger charge is -2.32. The van der Waals surface area contributed by atoms with Crippen molar-refractivity contribution >= 4 is 29.3 Å². The van der Waals surface area contributed by atoms with E-state index in [1.165, 1.54) is 24.8 Å². The first kappa shape index (κ1) is 28.1. The minimum atomic E-state index is -4.85. The number of nitrogens with one attached hydrogen (secondary N) is 1. The molecule has 12 heteroatoms. The molecule has 1 saturated heterocycles. The smallest absolute Gasteiger partial charge is 0.363 e. The van der Waals surface area contributed by atoms with Crippen LogP contribution in [0.4, 0.5) is 27.8 Å². The van der Waals surface area contributed by atoms with Gasteiger partial charge in [0.1, 0.15) is 30.9 Å². The number of halogens is 5. The highest BCUT2D eigenvalue weighted by atomic mass is 31.2. The molecular formula is C28H27F5N5OP. The van der Waals surface area contributed by atoms with E-state index in [4.69, 9.17) is 0 Å². The highest BCUT2D eigenvalue weighted by molar-refractivity contribution is 7.71. The van der Waals surface area contributed by atoms with Crippen molar-refractivity contribution in [1.82, 2.24) is 19.9 Å². The van der Waals surface area contributed by atoms with Gasteiger partial charge in [0, 0.05) is 42.9 Å². The summed E-state index contributed by atoms with van der Waals surface area (Å²) in [6.45, 7) is 2.49. The van der Waals surface area contributed by atoms with Crippen LogP contribution in [0.5, 0.6) is 0 Å². The fraction of sp³-hybridized carbons (Fsp3) is 0.321. The number of alkyl halides is 4. The zero-order valence-electron chi connectivity index (χ0n) is 21.6. The molecule has 1 fully saturated rings. The molecule has 0 spiro atoms. The second kappa shape index (κ2) is 11.2. The average Bonchev–Trinajstić information content (AvgIpc) is 2.94. The third-order valence-corrected chi connectivity index (χ3v) is 10.0. The number of rotatable bonds is 7.